The molecule has 0 aliphatic heterocycles. The van der Waals surface area contributed by atoms with Crippen LogP contribution in [0.5, 0.6) is 0 Å². The number of thiazole rings is 1. The molecule has 0 saturated heterocycles. The van der Waals surface area contributed by atoms with E-state index in [-0.39, 0.29) is 0 Å². The van der Waals surface area contributed by atoms with Gasteiger partial charge in [-0.1, -0.05) is 13.8 Å². The monoisotopic (exact) mass is 253 g/mol. The average molecular weight is 253 g/mol. The van der Waals surface area contributed by atoms with Gasteiger partial charge in [0.15, 0.2) is 5.13 Å². The highest BCUT2D eigenvalue weighted by Gasteiger charge is 2.06. The van der Waals surface area contributed by atoms with Crippen molar-refractivity contribution in [2.24, 2.45) is 0 Å². The minimum Gasteiger partial charge on any atom is -0.375 e. The van der Waals surface area contributed by atoms with Gasteiger partial charge in [0.2, 0.25) is 0 Å². The quantitative estimate of drug-likeness (QED) is 0.881. The molecule has 0 saturated carbocycles. The van der Waals surface area contributed by atoms with Crippen molar-refractivity contribution in [3.63, 3.8) is 0 Å². The largest absolute Gasteiger partial charge is 0.375 e. The Hall–Kier alpha value is -0.910. The normalized spacial score (nSPS) is 11.2. The van der Waals surface area contributed by atoms with E-state index in [0.717, 1.165) is 12.2 Å². The Morgan fingerprint density at radius 2 is 2.19 bits per heavy atom. The van der Waals surface area contributed by atoms with Crippen LogP contribution in [0.3, 0.4) is 0 Å². The molecule has 0 fully saturated rings. The molecule has 0 aliphatic carbocycles. The van der Waals surface area contributed by atoms with Crippen molar-refractivity contribution >= 4 is 27.8 Å². The van der Waals surface area contributed by atoms with Crippen molar-refractivity contribution < 1.29 is 0 Å². The standard InChI is InChI=1S/C11H15N3S2/c1-7(2)13-4-9-3-8(5-15-9)10-6-16-11(12)14-10/h3,5-7,13H,4H2,1-2H3,(H2,12,14). The first-order valence-electron chi connectivity index (χ1n) is 5.17. The third kappa shape index (κ3) is 2.81. The average Bonchev–Trinajstić information content (AvgIpc) is 2.83. The van der Waals surface area contributed by atoms with Crippen LogP contribution in [0.1, 0.15) is 18.7 Å². The number of anilines is 1. The highest BCUT2D eigenvalue weighted by Crippen LogP contribution is 2.27. The van der Waals surface area contributed by atoms with Crippen molar-refractivity contribution in [2.75, 3.05) is 5.73 Å². The molecule has 2 heterocycles. The molecule has 86 valence electrons. The lowest BCUT2D eigenvalue weighted by Crippen LogP contribution is -2.21. The molecule has 0 unspecified atom stereocenters. The number of hydrogen-bond donors (Lipinski definition) is 2. The highest BCUT2D eigenvalue weighted by atomic mass is 32.1. The van der Waals surface area contributed by atoms with Crippen LogP contribution in [0.15, 0.2) is 16.8 Å². The summed E-state index contributed by atoms with van der Waals surface area (Å²) in [5.41, 5.74) is 7.77. The summed E-state index contributed by atoms with van der Waals surface area (Å²) in [5, 5.41) is 8.16. The van der Waals surface area contributed by atoms with E-state index in [1.165, 1.54) is 21.8 Å². The number of nitrogens with one attached hydrogen (secondary N) is 1. The second-order valence-electron chi connectivity index (χ2n) is 3.91. The fourth-order valence-corrected chi connectivity index (χ4v) is 2.73. The zero-order valence-electron chi connectivity index (χ0n) is 9.36. The first-order valence-corrected chi connectivity index (χ1v) is 6.93. The summed E-state index contributed by atoms with van der Waals surface area (Å²) in [7, 11) is 0. The molecule has 0 amide bonds. The molecule has 0 aromatic carbocycles. The Labute approximate surface area is 103 Å². The van der Waals surface area contributed by atoms with Gasteiger partial charge in [-0.15, -0.1) is 22.7 Å². The van der Waals surface area contributed by atoms with E-state index in [2.05, 4.69) is 35.6 Å². The topological polar surface area (TPSA) is 50.9 Å². The molecular formula is C11H15N3S2. The summed E-state index contributed by atoms with van der Waals surface area (Å²) in [6.07, 6.45) is 0. The highest BCUT2D eigenvalue weighted by molar-refractivity contribution is 7.14. The molecule has 2 aromatic heterocycles. The van der Waals surface area contributed by atoms with Gasteiger partial charge in [0.25, 0.3) is 0 Å². The van der Waals surface area contributed by atoms with E-state index in [0.29, 0.717) is 11.2 Å². The predicted octanol–water partition coefficient (Wildman–Crippen LogP) is 2.95. The lowest BCUT2D eigenvalue weighted by Gasteiger charge is -2.04. The maximum atomic E-state index is 5.62. The van der Waals surface area contributed by atoms with Gasteiger partial charge in [-0.2, -0.15) is 0 Å². The van der Waals surface area contributed by atoms with Crippen LogP contribution < -0.4 is 11.1 Å². The van der Waals surface area contributed by atoms with Gasteiger partial charge < -0.3 is 11.1 Å². The van der Waals surface area contributed by atoms with Gasteiger partial charge in [0, 0.05) is 33.8 Å². The minimum atomic E-state index is 0.514. The number of nitrogens with zero attached hydrogens (tertiary/aromatic N) is 1. The number of nitrogens with two attached hydrogens (primary N) is 1. The Morgan fingerprint density at radius 3 is 2.81 bits per heavy atom. The van der Waals surface area contributed by atoms with Crippen molar-refractivity contribution in [1.82, 2.24) is 10.3 Å². The first kappa shape index (κ1) is 11.6. The molecule has 16 heavy (non-hydrogen) atoms. The van der Waals surface area contributed by atoms with Gasteiger partial charge in [-0.3, -0.25) is 0 Å². The van der Waals surface area contributed by atoms with Crippen LogP contribution in [0, 0.1) is 0 Å². The lowest BCUT2D eigenvalue weighted by atomic mass is 10.2. The van der Waals surface area contributed by atoms with Crippen molar-refractivity contribution in [3.8, 4) is 11.3 Å². The van der Waals surface area contributed by atoms with Crippen LogP contribution >= 0.6 is 22.7 Å². The van der Waals surface area contributed by atoms with Crippen LogP contribution in [0.25, 0.3) is 11.3 Å². The van der Waals surface area contributed by atoms with Crippen molar-refractivity contribution in [2.45, 2.75) is 26.4 Å². The predicted molar refractivity (Wildman–Crippen MR) is 71.8 cm³/mol. The molecule has 0 atom stereocenters. The summed E-state index contributed by atoms with van der Waals surface area (Å²) < 4.78 is 0. The molecule has 3 N–H and O–H groups in total. The fraction of sp³-hybridized carbons (Fsp3) is 0.364. The Bertz CT molecular complexity index is 459. The summed E-state index contributed by atoms with van der Waals surface area (Å²) >= 11 is 3.24. The molecule has 0 aliphatic rings. The van der Waals surface area contributed by atoms with Gasteiger partial charge in [0.1, 0.15) is 0 Å². The molecule has 0 bridgehead atoms. The third-order valence-electron chi connectivity index (χ3n) is 2.16. The summed E-state index contributed by atoms with van der Waals surface area (Å²) in [5.74, 6) is 0. The zero-order chi connectivity index (χ0) is 11.5. The fourth-order valence-electron chi connectivity index (χ4n) is 1.33. The number of aromatic nitrogens is 1. The Morgan fingerprint density at radius 1 is 1.38 bits per heavy atom. The van der Waals surface area contributed by atoms with E-state index < -0.39 is 0 Å². The molecule has 0 spiro atoms. The molecule has 5 heteroatoms. The van der Waals surface area contributed by atoms with Crippen molar-refractivity contribution in [1.29, 1.82) is 0 Å². The van der Waals surface area contributed by atoms with Crippen LogP contribution in [0.4, 0.5) is 5.13 Å². The summed E-state index contributed by atoms with van der Waals surface area (Å²) in [6, 6.07) is 2.69. The number of hydrogen-bond acceptors (Lipinski definition) is 5. The second kappa shape index (κ2) is 4.95. The van der Waals surface area contributed by atoms with E-state index >= 15 is 0 Å². The van der Waals surface area contributed by atoms with E-state index in [1.807, 2.05) is 5.38 Å². The first-order chi connectivity index (χ1) is 7.65. The van der Waals surface area contributed by atoms with Gasteiger partial charge in [0.05, 0.1) is 5.69 Å². The Kier molecular flexibility index (Phi) is 3.58. The molecular weight excluding hydrogens is 238 g/mol. The van der Waals surface area contributed by atoms with E-state index in [4.69, 9.17) is 5.73 Å². The number of rotatable bonds is 4. The molecule has 2 aromatic rings. The van der Waals surface area contributed by atoms with Gasteiger partial charge >= 0.3 is 0 Å². The lowest BCUT2D eigenvalue weighted by molar-refractivity contribution is 0.593. The smallest absolute Gasteiger partial charge is 0.180 e. The van der Waals surface area contributed by atoms with Gasteiger partial charge in [-0.25, -0.2) is 4.98 Å². The molecule has 2 rings (SSSR count). The molecule has 3 nitrogen and oxygen atoms in total. The summed E-state index contributed by atoms with van der Waals surface area (Å²) in [4.78, 5) is 5.60. The second-order valence-corrected chi connectivity index (χ2v) is 5.79. The van der Waals surface area contributed by atoms with Crippen LogP contribution in [0.2, 0.25) is 0 Å². The molecule has 0 radical (unpaired) electrons. The van der Waals surface area contributed by atoms with Crippen molar-refractivity contribution in [3.05, 3.63) is 21.7 Å². The van der Waals surface area contributed by atoms with E-state index in [9.17, 15) is 0 Å². The van der Waals surface area contributed by atoms with Crippen LogP contribution in [-0.2, 0) is 6.54 Å². The van der Waals surface area contributed by atoms with Crippen LogP contribution in [-0.4, -0.2) is 11.0 Å². The third-order valence-corrected chi connectivity index (χ3v) is 3.77. The summed E-state index contributed by atoms with van der Waals surface area (Å²) in [6.45, 7) is 5.22. The maximum absolute atomic E-state index is 5.62. The zero-order valence-corrected chi connectivity index (χ0v) is 11.0. The SMILES string of the molecule is CC(C)NCc1cc(-c2csc(N)n2)cs1. The van der Waals surface area contributed by atoms with E-state index in [1.54, 1.807) is 11.3 Å². The maximum Gasteiger partial charge on any atom is 0.180 e. The van der Waals surface area contributed by atoms with Gasteiger partial charge in [-0.05, 0) is 6.07 Å². The Balaban J connectivity index is 2.07. The minimum absolute atomic E-state index is 0.514. The number of thiophene rings is 1. The number of nitrogen functional groups attached to an aromatic ring is 1.